The van der Waals surface area contributed by atoms with Gasteiger partial charge in [0.1, 0.15) is 16.3 Å². The second-order valence-electron chi connectivity index (χ2n) is 6.31. The van der Waals surface area contributed by atoms with Gasteiger partial charge in [0.2, 0.25) is 0 Å². The molecule has 9 heteroatoms. The van der Waals surface area contributed by atoms with Gasteiger partial charge in [-0.3, -0.25) is 9.59 Å². The summed E-state index contributed by atoms with van der Waals surface area (Å²) in [6, 6.07) is 4.57. The monoisotopic (exact) mass is 417 g/mol. The summed E-state index contributed by atoms with van der Waals surface area (Å²) < 4.78 is 15.1. The van der Waals surface area contributed by atoms with Crippen LogP contribution in [-0.4, -0.2) is 36.7 Å². The second-order valence-corrected chi connectivity index (χ2v) is 7.53. The first-order valence-electron chi connectivity index (χ1n) is 8.63. The molecule has 0 saturated carbocycles. The van der Waals surface area contributed by atoms with E-state index in [-0.39, 0.29) is 12.2 Å². The zero-order valence-electron chi connectivity index (χ0n) is 16.0. The van der Waals surface area contributed by atoms with E-state index in [4.69, 9.17) is 13.9 Å². The number of hydrogen-bond acceptors (Lipinski definition) is 8. The van der Waals surface area contributed by atoms with Crippen molar-refractivity contribution in [2.24, 2.45) is 0 Å². The number of nitrogens with one attached hydrogen (secondary N) is 1. The van der Waals surface area contributed by atoms with Crippen LogP contribution < -0.4 is 5.32 Å². The first-order valence-corrected chi connectivity index (χ1v) is 9.44. The van der Waals surface area contributed by atoms with Gasteiger partial charge in [0, 0.05) is 21.9 Å². The normalized spacial score (nSPS) is 10.7. The molecule has 0 unspecified atom stereocenters. The fraction of sp³-hybridized carbons (Fsp3) is 0.250. The van der Waals surface area contributed by atoms with Gasteiger partial charge in [-0.15, -0.1) is 11.3 Å². The minimum Gasteiger partial charge on any atom is -0.508 e. The number of ether oxygens (including phenoxy) is 2. The Balaban J connectivity index is 1.60. The van der Waals surface area contributed by atoms with Crippen molar-refractivity contribution in [3.05, 3.63) is 46.0 Å². The number of phenolic OH excluding ortho intramolecular Hbond substituents is 1. The van der Waals surface area contributed by atoms with Crippen molar-refractivity contribution in [1.82, 2.24) is 0 Å². The predicted molar refractivity (Wildman–Crippen MR) is 106 cm³/mol. The molecule has 0 aliphatic carbocycles. The van der Waals surface area contributed by atoms with Crippen molar-refractivity contribution in [3.63, 3.8) is 0 Å². The van der Waals surface area contributed by atoms with Crippen molar-refractivity contribution in [2.75, 3.05) is 19.0 Å². The molecule has 0 fully saturated rings. The van der Waals surface area contributed by atoms with E-state index in [2.05, 4.69) is 5.32 Å². The van der Waals surface area contributed by atoms with E-state index in [9.17, 15) is 19.5 Å². The van der Waals surface area contributed by atoms with E-state index in [0.29, 0.717) is 27.1 Å². The molecule has 0 radical (unpaired) electrons. The molecule has 152 valence electrons. The van der Waals surface area contributed by atoms with Gasteiger partial charge in [0.25, 0.3) is 5.91 Å². The third-order valence-electron chi connectivity index (χ3n) is 4.37. The van der Waals surface area contributed by atoms with E-state index in [1.165, 1.54) is 36.8 Å². The molecule has 3 rings (SSSR count). The number of thiophene rings is 1. The molecule has 2 aromatic heterocycles. The third kappa shape index (κ3) is 4.40. The van der Waals surface area contributed by atoms with Crippen LogP contribution in [0.25, 0.3) is 11.0 Å². The van der Waals surface area contributed by atoms with E-state index in [0.717, 1.165) is 10.4 Å². The molecule has 0 spiro atoms. The highest BCUT2D eigenvalue weighted by Gasteiger charge is 2.22. The van der Waals surface area contributed by atoms with Crippen molar-refractivity contribution in [1.29, 1.82) is 0 Å². The molecule has 0 bridgehead atoms. The number of amides is 1. The molecule has 29 heavy (non-hydrogen) atoms. The van der Waals surface area contributed by atoms with Crippen LogP contribution in [0.1, 0.15) is 26.4 Å². The number of fused-ring (bicyclic) bond motifs is 1. The van der Waals surface area contributed by atoms with Gasteiger partial charge in [0.15, 0.2) is 6.61 Å². The molecule has 2 N–H and O–H groups in total. The maximum Gasteiger partial charge on any atom is 0.341 e. The molecular weight excluding hydrogens is 398 g/mol. The Kier molecular flexibility index (Phi) is 5.88. The summed E-state index contributed by atoms with van der Waals surface area (Å²) in [4.78, 5) is 37.1. The largest absolute Gasteiger partial charge is 0.508 e. The number of furan rings is 1. The van der Waals surface area contributed by atoms with Crippen molar-refractivity contribution >= 4 is 45.2 Å². The molecule has 0 aliphatic rings. The van der Waals surface area contributed by atoms with Crippen LogP contribution in [-0.2, 0) is 25.5 Å². The molecule has 1 aromatic carbocycles. The first kappa shape index (κ1) is 20.4. The molecule has 1 amide bonds. The summed E-state index contributed by atoms with van der Waals surface area (Å²) in [6.45, 7) is 3.10. The summed E-state index contributed by atoms with van der Waals surface area (Å²) >= 11 is 1.25. The Hall–Kier alpha value is -3.33. The number of methoxy groups -OCH3 is 1. The highest BCUT2D eigenvalue weighted by atomic mass is 32.1. The van der Waals surface area contributed by atoms with Gasteiger partial charge in [-0.2, -0.15) is 0 Å². The number of aryl methyl sites for hydroxylation is 1. The van der Waals surface area contributed by atoms with Crippen LogP contribution in [0.2, 0.25) is 0 Å². The molecule has 3 aromatic rings. The van der Waals surface area contributed by atoms with Crippen LogP contribution in [0.5, 0.6) is 5.75 Å². The maximum atomic E-state index is 12.2. The molecular formula is C20H19NO7S. The van der Waals surface area contributed by atoms with Gasteiger partial charge in [-0.05, 0) is 31.5 Å². The smallest absolute Gasteiger partial charge is 0.341 e. The Morgan fingerprint density at radius 2 is 2.00 bits per heavy atom. The number of carbonyl (C=O) groups is 3. The predicted octanol–water partition coefficient (Wildman–Crippen LogP) is 3.33. The lowest BCUT2D eigenvalue weighted by Gasteiger charge is -2.07. The Labute approximate surface area is 170 Å². The second kappa shape index (κ2) is 8.36. The number of aromatic hydroxyl groups is 1. The lowest BCUT2D eigenvalue weighted by Crippen LogP contribution is -2.22. The van der Waals surface area contributed by atoms with Gasteiger partial charge in [-0.25, -0.2) is 4.79 Å². The molecule has 0 saturated heterocycles. The van der Waals surface area contributed by atoms with E-state index < -0.39 is 24.5 Å². The Morgan fingerprint density at radius 3 is 2.72 bits per heavy atom. The van der Waals surface area contributed by atoms with Gasteiger partial charge in [0.05, 0.1) is 25.4 Å². The lowest BCUT2D eigenvalue weighted by atomic mass is 10.1. The quantitative estimate of drug-likeness (QED) is 0.591. The summed E-state index contributed by atoms with van der Waals surface area (Å²) in [5.74, 6) is -1.66. The number of anilines is 1. The zero-order chi connectivity index (χ0) is 21.1. The third-order valence-corrected chi connectivity index (χ3v) is 5.49. The van der Waals surface area contributed by atoms with E-state index in [1.807, 2.05) is 6.92 Å². The van der Waals surface area contributed by atoms with Gasteiger partial charge >= 0.3 is 11.9 Å². The number of phenols is 1. The van der Waals surface area contributed by atoms with Crippen LogP contribution in [0, 0.1) is 13.8 Å². The van der Waals surface area contributed by atoms with Gasteiger partial charge in [-0.1, -0.05) is 0 Å². The minimum atomic E-state index is -0.609. The average molecular weight is 417 g/mol. The van der Waals surface area contributed by atoms with Crippen molar-refractivity contribution < 1.29 is 33.4 Å². The number of esters is 2. The summed E-state index contributed by atoms with van der Waals surface area (Å²) in [6.07, 6.45) is 1.32. The summed E-state index contributed by atoms with van der Waals surface area (Å²) in [5.41, 5.74) is 2.06. The molecule has 2 heterocycles. The van der Waals surface area contributed by atoms with E-state index >= 15 is 0 Å². The van der Waals surface area contributed by atoms with Crippen LogP contribution in [0.4, 0.5) is 5.00 Å². The minimum absolute atomic E-state index is 0.0584. The number of carbonyl (C=O) groups excluding carboxylic acids is 3. The molecule has 0 aliphatic heterocycles. The molecule has 0 atom stereocenters. The van der Waals surface area contributed by atoms with Crippen LogP contribution >= 0.6 is 11.3 Å². The lowest BCUT2D eigenvalue weighted by molar-refractivity contribution is -0.146. The van der Waals surface area contributed by atoms with Crippen LogP contribution in [0.15, 0.2) is 28.9 Å². The Bertz CT molecular complexity index is 1100. The van der Waals surface area contributed by atoms with Crippen LogP contribution in [0.3, 0.4) is 0 Å². The van der Waals surface area contributed by atoms with E-state index in [1.54, 1.807) is 13.0 Å². The first-order chi connectivity index (χ1) is 13.8. The summed E-state index contributed by atoms with van der Waals surface area (Å²) in [7, 11) is 1.27. The standard InChI is InChI=1S/C20H19NO7S/c1-10-11(2)29-19(18(10)20(25)26-3)21-16(23)9-28-17(24)6-12-8-27-15-7-13(22)4-5-14(12)15/h4-5,7-8,22H,6,9H2,1-3H3,(H,21,23). The fourth-order valence-corrected chi connectivity index (χ4v) is 3.85. The fourth-order valence-electron chi connectivity index (χ4n) is 2.79. The number of rotatable bonds is 6. The number of benzene rings is 1. The summed E-state index contributed by atoms with van der Waals surface area (Å²) in [5, 5.41) is 13.1. The average Bonchev–Trinajstić information content (AvgIpc) is 3.19. The Morgan fingerprint density at radius 1 is 1.24 bits per heavy atom. The highest BCUT2D eigenvalue weighted by molar-refractivity contribution is 7.16. The zero-order valence-corrected chi connectivity index (χ0v) is 16.8. The topological polar surface area (TPSA) is 115 Å². The highest BCUT2D eigenvalue weighted by Crippen LogP contribution is 2.33. The van der Waals surface area contributed by atoms with Crippen molar-refractivity contribution in [2.45, 2.75) is 20.3 Å². The molecule has 8 nitrogen and oxygen atoms in total. The number of hydrogen-bond donors (Lipinski definition) is 2. The maximum absolute atomic E-state index is 12.2. The van der Waals surface area contributed by atoms with Gasteiger partial charge < -0.3 is 24.3 Å². The van der Waals surface area contributed by atoms with Crippen molar-refractivity contribution in [3.8, 4) is 5.75 Å². The SMILES string of the molecule is COC(=O)c1c(NC(=O)COC(=O)Cc2coc3cc(O)ccc23)sc(C)c1C.